The van der Waals surface area contributed by atoms with Crippen molar-refractivity contribution in [2.24, 2.45) is 4.99 Å². The van der Waals surface area contributed by atoms with Crippen molar-refractivity contribution in [3.63, 3.8) is 0 Å². The summed E-state index contributed by atoms with van der Waals surface area (Å²) in [5, 5.41) is 4.35. The number of sulfone groups is 1. The number of carbonyl (C=O) groups is 3. The minimum atomic E-state index is -3.82. The molecule has 1 aromatic carbocycles. The molecule has 2 aliphatic heterocycles. The summed E-state index contributed by atoms with van der Waals surface area (Å²) in [6.07, 6.45) is 6.25. The van der Waals surface area contributed by atoms with E-state index in [0.29, 0.717) is 13.0 Å². The van der Waals surface area contributed by atoms with Crippen molar-refractivity contribution in [2.75, 3.05) is 36.2 Å². The first-order chi connectivity index (χ1) is 26.1. The largest absolute Gasteiger partial charge is 0.509 e. The summed E-state index contributed by atoms with van der Waals surface area (Å²) in [5.41, 5.74) is 4.08. The molecule has 0 aliphatic carbocycles. The second kappa shape index (κ2) is 16.0. The Hall–Kier alpha value is -4.96. The molecule has 15 nitrogen and oxygen atoms in total. The predicted octanol–water partition coefficient (Wildman–Crippen LogP) is 6.82. The highest BCUT2D eigenvalue weighted by Gasteiger charge is 2.41. The van der Waals surface area contributed by atoms with Crippen LogP contribution in [-0.2, 0) is 50.5 Å². The first-order valence-electron chi connectivity index (χ1n) is 18.7. The number of amides is 1. The van der Waals surface area contributed by atoms with Gasteiger partial charge >= 0.3 is 18.2 Å². The fourth-order valence-electron chi connectivity index (χ4n) is 6.89. The first kappa shape index (κ1) is 39.7. The highest BCUT2D eigenvalue weighted by molar-refractivity contribution is 7.91. The van der Waals surface area contributed by atoms with Crippen LogP contribution in [0.4, 0.5) is 21.0 Å². The lowest BCUT2D eigenvalue weighted by atomic mass is 9.87. The van der Waals surface area contributed by atoms with Crippen LogP contribution in [-0.4, -0.2) is 85.5 Å². The van der Waals surface area contributed by atoms with Crippen molar-refractivity contribution < 1.29 is 46.5 Å². The van der Waals surface area contributed by atoms with Gasteiger partial charge in [0.1, 0.15) is 12.2 Å². The predicted molar refractivity (Wildman–Crippen MR) is 207 cm³/mol. The Morgan fingerprint density at radius 1 is 1.11 bits per heavy atom. The molecule has 0 spiro atoms. The van der Waals surface area contributed by atoms with Crippen LogP contribution in [0.5, 0.6) is 0 Å². The summed E-state index contributed by atoms with van der Waals surface area (Å²) in [4.78, 5) is 49.3. The molecule has 0 saturated heterocycles. The van der Waals surface area contributed by atoms with Gasteiger partial charge in [0.2, 0.25) is 0 Å². The molecule has 0 fully saturated rings. The number of aromatic nitrogens is 2. The van der Waals surface area contributed by atoms with Crippen LogP contribution < -0.4 is 10.2 Å². The van der Waals surface area contributed by atoms with Crippen molar-refractivity contribution in [3.8, 4) is 0 Å². The molecule has 2 aliphatic rings. The van der Waals surface area contributed by atoms with E-state index in [1.54, 1.807) is 20.8 Å². The van der Waals surface area contributed by atoms with Gasteiger partial charge in [-0.2, -0.15) is 0 Å². The summed E-state index contributed by atoms with van der Waals surface area (Å²) in [6, 6.07) is 7.95. The Morgan fingerprint density at radius 3 is 2.65 bits per heavy atom. The molecule has 0 saturated carbocycles. The number of fused-ring (bicyclic) bond motifs is 5. The number of alkyl carbamates (subject to hydrolysis) is 1. The van der Waals surface area contributed by atoms with E-state index in [1.807, 2.05) is 48.1 Å². The molecule has 4 aromatic rings. The van der Waals surface area contributed by atoms with Gasteiger partial charge in [-0.05, 0) is 58.7 Å². The van der Waals surface area contributed by atoms with Gasteiger partial charge in [0, 0.05) is 35.5 Å². The molecule has 3 aromatic heterocycles. The van der Waals surface area contributed by atoms with Crippen molar-refractivity contribution in [1.29, 1.82) is 0 Å². The number of carbonyl (C=O) groups excluding carboxylic acids is 3. The normalized spacial score (nSPS) is 17.2. The minimum Gasteiger partial charge on any atom is -0.444 e. The average Bonchev–Trinajstić information content (AvgIpc) is 3.47. The van der Waals surface area contributed by atoms with E-state index < -0.39 is 70.0 Å². The zero-order valence-corrected chi connectivity index (χ0v) is 33.0. The summed E-state index contributed by atoms with van der Waals surface area (Å²) in [7, 11) is -3.82. The summed E-state index contributed by atoms with van der Waals surface area (Å²) in [6.45, 7) is 11.3. The first-order valence-corrected chi connectivity index (χ1v) is 20.5. The van der Waals surface area contributed by atoms with E-state index in [0.717, 1.165) is 75.6 Å². The second-order valence-corrected chi connectivity index (χ2v) is 17.2. The number of hydrogen-bond acceptors (Lipinski definition) is 13. The van der Waals surface area contributed by atoms with Gasteiger partial charge in [0.25, 0.3) is 0 Å². The van der Waals surface area contributed by atoms with Crippen LogP contribution in [0.3, 0.4) is 0 Å². The molecule has 0 radical (unpaired) electrons. The van der Waals surface area contributed by atoms with Crippen LogP contribution in [0.1, 0.15) is 84.8 Å². The van der Waals surface area contributed by atoms with Gasteiger partial charge in [0.15, 0.2) is 21.7 Å². The van der Waals surface area contributed by atoms with Crippen molar-refractivity contribution in [2.45, 2.75) is 97.7 Å². The Balaban J connectivity index is 1.14. The monoisotopic (exact) mass is 779 g/mol. The molecule has 55 heavy (non-hydrogen) atoms. The molecule has 1 N–H and O–H groups in total. The number of nitrogens with one attached hydrogen (secondary N) is 1. The second-order valence-electron chi connectivity index (χ2n) is 14.9. The van der Waals surface area contributed by atoms with Gasteiger partial charge in [-0.15, -0.1) is 0 Å². The quantitative estimate of drug-likeness (QED) is 0.0613. The Kier molecular flexibility index (Phi) is 11.6. The zero-order chi connectivity index (χ0) is 39.5. The topological polar surface area (TPSA) is 176 Å². The molecule has 5 heterocycles. The molecule has 6 rings (SSSR count). The van der Waals surface area contributed by atoms with Crippen LogP contribution in [0.15, 0.2) is 41.7 Å². The number of benzene rings is 1. The maximum atomic E-state index is 13.1. The number of anilines is 1. The highest BCUT2D eigenvalue weighted by atomic mass is 32.2. The van der Waals surface area contributed by atoms with E-state index in [4.69, 9.17) is 33.7 Å². The number of pyridine rings is 2. The summed E-state index contributed by atoms with van der Waals surface area (Å²) in [5.74, 6) is -1.90. The number of esters is 1. The van der Waals surface area contributed by atoms with Crippen LogP contribution in [0.25, 0.3) is 27.3 Å². The zero-order valence-electron chi connectivity index (χ0n) is 32.2. The lowest BCUT2D eigenvalue weighted by Gasteiger charge is -2.37. The number of hydrogen-bond donors (Lipinski definition) is 1. The maximum absolute atomic E-state index is 13.1. The Morgan fingerprint density at radius 2 is 1.91 bits per heavy atom. The molecular formula is C39H49N5O10S. The minimum absolute atomic E-state index is 0.0780. The lowest BCUT2D eigenvalue weighted by molar-refractivity contribution is -0.148. The highest BCUT2D eigenvalue weighted by Crippen LogP contribution is 2.44. The van der Waals surface area contributed by atoms with E-state index in [9.17, 15) is 22.8 Å². The smallest absolute Gasteiger partial charge is 0.444 e. The maximum Gasteiger partial charge on any atom is 0.509 e. The van der Waals surface area contributed by atoms with Crippen LogP contribution in [0, 0.1) is 0 Å². The third-order valence-electron chi connectivity index (χ3n) is 9.53. The number of ether oxygens (including phenoxy) is 5. The molecule has 296 valence electrons. The molecule has 0 unspecified atom stereocenters. The number of nitrogens with zero attached hydrogens (tertiary/aromatic N) is 4. The van der Waals surface area contributed by atoms with Gasteiger partial charge in [-0.3, -0.25) is 10.1 Å². The van der Waals surface area contributed by atoms with Gasteiger partial charge < -0.3 is 33.0 Å². The summed E-state index contributed by atoms with van der Waals surface area (Å²) >= 11 is 0. The van der Waals surface area contributed by atoms with Gasteiger partial charge in [-0.1, -0.05) is 32.8 Å². The standard InChI is InChI=1S/C39H49N5O10S/c1-7-9-10-15-43-24-40-29-12-11-13-30-33(29)35(43)27-21-44-20-26-22-50-23-39(8-2,28(26)19-31(44)34(27)42-30)54-37(47)51-16-18-55(48,49)17-14-32(45)52-25(3)41-36(46)53-38(4,5)6/h11-13,19-21,24-25H,7-10,14-18,22-23H2,1-6H3,(H,41,46)/t25-,39-/m1/s1. The fourth-order valence-corrected chi connectivity index (χ4v) is 7.91. The van der Waals surface area contributed by atoms with Crippen LogP contribution in [0.2, 0.25) is 0 Å². The van der Waals surface area contributed by atoms with Gasteiger partial charge in [-0.25, -0.2) is 28.0 Å². The molecule has 16 heteroatoms. The van der Waals surface area contributed by atoms with E-state index in [-0.39, 0.29) is 6.61 Å². The van der Waals surface area contributed by atoms with Gasteiger partial charge in [0.05, 0.1) is 70.8 Å². The Labute approximate surface area is 320 Å². The number of aliphatic imine (C=N–C) groups is 1. The third-order valence-corrected chi connectivity index (χ3v) is 11.1. The lowest BCUT2D eigenvalue weighted by Crippen LogP contribution is -2.41. The molecular weight excluding hydrogens is 731 g/mol. The summed E-state index contributed by atoms with van der Waals surface area (Å²) < 4.78 is 54.8. The van der Waals surface area contributed by atoms with E-state index >= 15 is 0 Å². The van der Waals surface area contributed by atoms with Crippen molar-refractivity contribution >= 4 is 73.1 Å². The Bertz CT molecular complexity index is 2250. The van der Waals surface area contributed by atoms with Crippen LogP contribution >= 0.6 is 0 Å². The molecule has 2 atom stereocenters. The number of unbranched alkanes of at least 4 members (excludes halogenated alkanes) is 2. The fraction of sp³-hybridized carbons (Fsp3) is 0.513. The number of rotatable bonds is 14. The third kappa shape index (κ3) is 8.96. The van der Waals surface area contributed by atoms with Crippen molar-refractivity contribution in [3.05, 3.63) is 47.8 Å². The average molecular weight is 780 g/mol. The van der Waals surface area contributed by atoms with E-state index in [1.165, 1.54) is 6.92 Å². The molecule has 1 amide bonds. The van der Waals surface area contributed by atoms with Crippen molar-refractivity contribution in [1.82, 2.24) is 14.7 Å². The SMILES string of the molecule is CCCCCN1C=Nc2cccc3nc4c(cn5cc6c(cc45)[C@](CC)(OC(=O)OCCS(=O)(=O)CCC(=O)O[C@H](C)NC(=O)OC(C)(C)C)COC6)c1c23. The van der Waals surface area contributed by atoms with E-state index in [2.05, 4.69) is 23.3 Å². The molecule has 0 bridgehead atoms.